The average Bonchev–Trinajstić information content (AvgIpc) is 2.58. The van der Waals surface area contributed by atoms with Crippen molar-refractivity contribution in [3.63, 3.8) is 0 Å². The molecule has 2 aromatic carbocycles. The number of fused-ring (bicyclic) bond motifs is 1. The molecule has 1 atom stereocenters. The fraction of sp³-hybridized carbons (Fsp3) is 0.318. The van der Waals surface area contributed by atoms with E-state index in [0.29, 0.717) is 11.5 Å². The van der Waals surface area contributed by atoms with E-state index in [1.807, 2.05) is 12.1 Å². The number of nitriles is 1. The Morgan fingerprint density at radius 2 is 1.92 bits per heavy atom. The predicted octanol–water partition coefficient (Wildman–Crippen LogP) is 5.61. The van der Waals surface area contributed by atoms with Crippen LogP contribution in [0, 0.1) is 17.1 Å². The Morgan fingerprint density at radius 3 is 2.56 bits per heavy atom. The van der Waals surface area contributed by atoms with Gasteiger partial charge in [0.15, 0.2) is 0 Å². The van der Waals surface area contributed by atoms with E-state index in [0.717, 1.165) is 17.5 Å². The molecule has 0 aromatic heterocycles. The molecule has 1 unspecified atom stereocenters. The lowest BCUT2D eigenvalue weighted by Crippen LogP contribution is -2.45. The van der Waals surface area contributed by atoms with Crippen LogP contribution in [0.2, 0.25) is 0 Å². The summed E-state index contributed by atoms with van der Waals surface area (Å²) >= 11 is 0. The van der Waals surface area contributed by atoms with Crippen molar-refractivity contribution in [2.24, 2.45) is 0 Å². The summed E-state index contributed by atoms with van der Waals surface area (Å²) in [6.07, 6.45) is 2.97. The Balaban J connectivity index is 2.01. The average molecular weight is 334 g/mol. The Labute approximate surface area is 149 Å². The molecule has 2 nitrogen and oxygen atoms in total. The number of allylic oxidation sites excluding steroid dienone is 1. The summed E-state index contributed by atoms with van der Waals surface area (Å²) in [6, 6.07) is 14.6. The highest BCUT2D eigenvalue weighted by Gasteiger charge is 2.33. The zero-order valence-corrected chi connectivity index (χ0v) is 15.2. The molecule has 1 aliphatic heterocycles. The Bertz CT molecular complexity index is 857. The molecule has 3 heteroatoms. The first-order valence-corrected chi connectivity index (χ1v) is 8.57. The molecule has 1 aliphatic rings. The van der Waals surface area contributed by atoms with Gasteiger partial charge in [0.2, 0.25) is 0 Å². The van der Waals surface area contributed by atoms with Crippen molar-refractivity contribution in [2.75, 3.05) is 11.9 Å². The van der Waals surface area contributed by atoms with Gasteiger partial charge in [-0.2, -0.15) is 5.26 Å². The number of nitrogens with zero attached hydrogens (tertiary/aromatic N) is 2. The number of hydrogen-bond acceptors (Lipinski definition) is 2. The summed E-state index contributed by atoms with van der Waals surface area (Å²) in [5.74, 6) is 0.167. The van der Waals surface area contributed by atoms with Crippen LogP contribution in [-0.2, 0) is 0 Å². The molecule has 0 radical (unpaired) electrons. The van der Waals surface area contributed by atoms with Gasteiger partial charge >= 0.3 is 0 Å². The van der Waals surface area contributed by atoms with Crippen molar-refractivity contribution >= 4 is 17.3 Å². The molecule has 128 valence electrons. The smallest absolute Gasteiger partial charge is 0.123 e. The summed E-state index contributed by atoms with van der Waals surface area (Å²) in [5, 5.41) is 9.49. The molecule has 0 saturated carbocycles. The summed E-state index contributed by atoms with van der Waals surface area (Å²) in [4.78, 5) is 2.33. The van der Waals surface area contributed by atoms with Gasteiger partial charge in [-0.05, 0) is 73.2 Å². The third-order valence-corrected chi connectivity index (χ3v) is 5.24. The lowest BCUT2D eigenvalue weighted by molar-refractivity contribution is 0.395. The van der Waals surface area contributed by atoms with Crippen molar-refractivity contribution < 1.29 is 4.39 Å². The summed E-state index contributed by atoms with van der Waals surface area (Å²) in [7, 11) is 2.14. The van der Waals surface area contributed by atoms with Crippen LogP contribution in [0.25, 0.3) is 11.6 Å². The Hall–Kier alpha value is -2.60. The second kappa shape index (κ2) is 6.37. The van der Waals surface area contributed by atoms with E-state index in [1.54, 1.807) is 12.1 Å². The molecule has 1 heterocycles. The minimum absolute atomic E-state index is 0.135. The van der Waals surface area contributed by atoms with Crippen LogP contribution in [0.3, 0.4) is 0 Å². The van der Waals surface area contributed by atoms with E-state index in [-0.39, 0.29) is 11.4 Å². The number of benzene rings is 2. The lowest BCUT2D eigenvalue weighted by Gasteiger charge is -2.45. The van der Waals surface area contributed by atoms with E-state index in [4.69, 9.17) is 0 Å². The maximum atomic E-state index is 13.1. The molecular formula is C22H23FN2. The fourth-order valence-corrected chi connectivity index (χ4v) is 3.66. The van der Waals surface area contributed by atoms with E-state index in [1.165, 1.54) is 23.4 Å². The van der Waals surface area contributed by atoms with Crippen LogP contribution in [0.5, 0.6) is 0 Å². The fourth-order valence-electron chi connectivity index (χ4n) is 3.66. The first kappa shape index (κ1) is 17.2. The zero-order valence-electron chi connectivity index (χ0n) is 15.2. The molecule has 25 heavy (non-hydrogen) atoms. The topological polar surface area (TPSA) is 27.0 Å². The quantitative estimate of drug-likeness (QED) is 0.527. The minimum atomic E-state index is -0.297. The predicted molar refractivity (Wildman–Crippen MR) is 102 cm³/mol. The van der Waals surface area contributed by atoms with E-state index in [2.05, 4.69) is 50.9 Å². The highest BCUT2D eigenvalue weighted by atomic mass is 19.1. The maximum absolute atomic E-state index is 13.1. The summed E-state index contributed by atoms with van der Waals surface area (Å²) < 4.78 is 13.1. The highest BCUT2D eigenvalue weighted by molar-refractivity contribution is 5.90. The molecule has 0 bridgehead atoms. The van der Waals surface area contributed by atoms with Crippen molar-refractivity contribution in [1.82, 2.24) is 0 Å². The summed E-state index contributed by atoms with van der Waals surface area (Å²) in [6.45, 7) is 6.79. The first-order chi connectivity index (χ1) is 11.8. The summed E-state index contributed by atoms with van der Waals surface area (Å²) in [5.41, 5.74) is 4.97. The van der Waals surface area contributed by atoms with Crippen molar-refractivity contribution in [1.29, 1.82) is 5.26 Å². The second-order valence-corrected chi connectivity index (χ2v) is 7.47. The van der Waals surface area contributed by atoms with Crippen LogP contribution in [-0.4, -0.2) is 12.6 Å². The van der Waals surface area contributed by atoms with Gasteiger partial charge in [0.1, 0.15) is 5.82 Å². The molecule has 0 fully saturated rings. The van der Waals surface area contributed by atoms with Crippen molar-refractivity contribution in [3.8, 4) is 6.07 Å². The minimum Gasteiger partial charge on any atom is -0.369 e. The van der Waals surface area contributed by atoms with Crippen LogP contribution in [0.4, 0.5) is 10.1 Å². The van der Waals surface area contributed by atoms with Gasteiger partial charge in [0, 0.05) is 18.3 Å². The monoisotopic (exact) mass is 334 g/mol. The Morgan fingerprint density at radius 1 is 1.24 bits per heavy atom. The first-order valence-electron chi connectivity index (χ1n) is 8.57. The number of hydrogen-bond donors (Lipinski definition) is 0. The van der Waals surface area contributed by atoms with Crippen LogP contribution < -0.4 is 4.90 Å². The molecule has 0 aliphatic carbocycles. The van der Waals surface area contributed by atoms with Crippen LogP contribution in [0.15, 0.2) is 42.5 Å². The zero-order chi connectivity index (χ0) is 18.2. The van der Waals surface area contributed by atoms with Gasteiger partial charge in [0.25, 0.3) is 0 Å². The van der Waals surface area contributed by atoms with Gasteiger partial charge in [-0.25, -0.2) is 4.39 Å². The molecule has 0 N–H and O–H groups in total. The van der Waals surface area contributed by atoms with Crippen LogP contribution >= 0.6 is 0 Å². The largest absolute Gasteiger partial charge is 0.369 e. The van der Waals surface area contributed by atoms with Gasteiger partial charge in [-0.1, -0.05) is 25.1 Å². The second-order valence-electron chi connectivity index (χ2n) is 7.47. The van der Waals surface area contributed by atoms with Gasteiger partial charge < -0.3 is 4.90 Å². The van der Waals surface area contributed by atoms with Gasteiger partial charge in [0.05, 0.1) is 11.6 Å². The lowest BCUT2D eigenvalue weighted by atomic mass is 9.80. The van der Waals surface area contributed by atoms with Crippen molar-refractivity contribution in [3.05, 3.63) is 65.0 Å². The maximum Gasteiger partial charge on any atom is 0.123 e. The van der Waals surface area contributed by atoms with E-state index in [9.17, 15) is 9.65 Å². The number of rotatable bonds is 2. The molecular weight excluding hydrogens is 311 g/mol. The normalized spacial score (nSPS) is 19.3. The van der Waals surface area contributed by atoms with Gasteiger partial charge in [-0.15, -0.1) is 0 Å². The molecule has 3 rings (SSSR count). The third-order valence-electron chi connectivity index (χ3n) is 5.24. The number of halogens is 1. The molecule has 0 amide bonds. The molecule has 2 aromatic rings. The van der Waals surface area contributed by atoms with E-state index < -0.39 is 0 Å². The van der Waals surface area contributed by atoms with Crippen molar-refractivity contribution in [2.45, 2.75) is 38.6 Å². The molecule has 0 saturated heterocycles. The number of anilines is 1. The SMILES string of the molecule is CC1CC(C)(C)N(C)c2ccc(/C=C(\C#N)c3ccc(F)cc3)cc21. The van der Waals surface area contributed by atoms with Crippen LogP contribution in [0.1, 0.15) is 49.8 Å². The van der Waals surface area contributed by atoms with E-state index >= 15 is 0 Å². The molecule has 0 spiro atoms. The highest BCUT2D eigenvalue weighted by Crippen LogP contribution is 2.42. The standard InChI is InChI=1S/C22H23FN2/c1-15-13-22(2,3)25(4)21-10-5-16(12-20(15)21)11-18(14-24)17-6-8-19(23)9-7-17/h5-12,15H,13H2,1-4H3/b18-11+. The van der Waals surface area contributed by atoms with Gasteiger partial charge in [-0.3, -0.25) is 0 Å². The third kappa shape index (κ3) is 3.30. The Kier molecular flexibility index (Phi) is 4.39.